The maximum Gasteiger partial charge on any atom is 0.407 e. The smallest absolute Gasteiger partial charge is 0.407 e. The maximum atomic E-state index is 12.8. The van der Waals surface area contributed by atoms with Crippen LogP contribution in [0.1, 0.15) is 49.1 Å². The number of ether oxygens (including phenoxy) is 2. The van der Waals surface area contributed by atoms with Gasteiger partial charge in [-0.25, -0.2) is 4.79 Å². The van der Waals surface area contributed by atoms with E-state index in [1.165, 1.54) is 7.11 Å². The minimum atomic E-state index is -0.951. The molecule has 0 bridgehead atoms. The van der Waals surface area contributed by atoms with Crippen LogP contribution in [0.5, 0.6) is 0 Å². The molecule has 1 fully saturated rings. The van der Waals surface area contributed by atoms with E-state index in [4.69, 9.17) is 9.47 Å². The Morgan fingerprint density at radius 2 is 1.60 bits per heavy atom. The number of rotatable bonds is 8. The van der Waals surface area contributed by atoms with E-state index >= 15 is 0 Å². The van der Waals surface area contributed by atoms with Gasteiger partial charge < -0.3 is 25.2 Å². The van der Waals surface area contributed by atoms with Crippen molar-refractivity contribution in [3.63, 3.8) is 0 Å². The van der Waals surface area contributed by atoms with Gasteiger partial charge in [-0.3, -0.25) is 9.59 Å². The number of alkyl carbamates (subject to hydrolysis) is 1. The molecule has 3 N–H and O–H groups in total. The first-order chi connectivity index (χ1) is 17.0. The molecule has 3 unspecified atom stereocenters. The van der Waals surface area contributed by atoms with Gasteiger partial charge in [0.1, 0.15) is 6.61 Å². The van der Waals surface area contributed by atoms with Crippen molar-refractivity contribution in [2.24, 2.45) is 5.92 Å². The molecule has 0 spiro atoms. The van der Waals surface area contributed by atoms with E-state index in [0.717, 1.165) is 41.5 Å². The van der Waals surface area contributed by atoms with Crippen LogP contribution in [0.15, 0.2) is 48.5 Å². The second kappa shape index (κ2) is 11.4. The Bertz CT molecular complexity index is 1030. The van der Waals surface area contributed by atoms with Crippen LogP contribution in [0.3, 0.4) is 0 Å². The average molecular weight is 481 g/mol. The fourth-order valence-electron chi connectivity index (χ4n) is 5.16. The van der Waals surface area contributed by atoms with E-state index in [-0.39, 0.29) is 19.1 Å². The van der Waals surface area contributed by atoms with Crippen LogP contribution in [-0.4, -0.2) is 55.5 Å². The molecule has 2 aliphatic rings. The highest BCUT2D eigenvalue weighted by Crippen LogP contribution is 2.44. The van der Waals surface area contributed by atoms with Gasteiger partial charge in [-0.2, -0.15) is 0 Å². The van der Waals surface area contributed by atoms with Gasteiger partial charge >= 0.3 is 12.1 Å². The van der Waals surface area contributed by atoms with Crippen LogP contribution in [0.2, 0.25) is 0 Å². The minimum Gasteiger partial charge on any atom is -0.481 e. The summed E-state index contributed by atoms with van der Waals surface area (Å²) in [4.78, 5) is 36.8. The molecule has 0 saturated heterocycles. The number of hydrogen-bond acceptors (Lipinski definition) is 5. The Morgan fingerprint density at radius 3 is 2.23 bits per heavy atom. The van der Waals surface area contributed by atoms with Gasteiger partial charge in [-0.15, -0.1) is 0 Å². The largest absolute Gasteiger partial charge is 0.481 e. The molecule has 8 heteroatoms. The highest BCUT2D eigenvalue weighted by atomic mass is 16.5. The van der Waals surface area contributed by atoms with E-state index in [2.05, 4.69) is 22.8 Å². The number of aliphatic carboxylic acids is 1. The number of carbonyl (C=O) groups excluding carboxylic acids is 2. The lowest BCUT2D eigenvalue weighted by molar-refractivity contribution is -0.143. The maximum absolute atomic E-state index is 12.8. The zero-order chi connectivity index (χ0) is 24.8. The second-order valence-electron chi connectivity index (χ2n) is 9.13. The Labute approximate surface area is 205 Å². The molecule has 0 aromatic heterocycles. The van der Waals surface area contributed by atoms with Crippen molar-refractivity contribution in [3.8, 4) is 11.1 Å². The van der Waals surface area contributed by atoms with Gasteiger partial charge in [-0.05, 0) is 35.1 Å². The highest BCUT2D eigenvalue weighted by molar-refractivity contribution is 5.83. The minimum absolute atomic E-state index is 0.0575. The molecule has 0 aliphatic heterocycles. The molecule has 0 heterocycles. The Kier molecular flexibility index (Phi) is 8.02. The van der Waals surface area contributed by atoms with E-state index in [1.54, 1.807) is 0 Å². The van der Waals surface area contributed by atoms with Crippen molar-refractivity contribution < 1.29 is 29.0 Å². The van der Waals surface area contributed by atoms with Gasteiger partial charge in [0, 0.05) is 19.1 Å². The number of hydrogen-bond donors (Lipinski definition) is 3. The van der Waals surface area contributed by atoms with E-state index in [1.807, 2.05) is 36.4 Å². The van der Waals surface area contributed by atoms with Crippen LogP contribution >= 0.6 is 0 Å². The number of carboxylic acids is 1. The van der Waals surface area contributed by atoms with Crippen LogP contribution < -0.4 is 10.6 Å². The number of amides is 2. The van der Waals surface area contributed by atoms with Crippen LogP contribution in [0.4, 0.5) is 4.79 Å². The number of methoxy groups -OCH3 is 1. The number of fused-ring (bicyclic) bond motifs is 3. The molecular weight excluding hydrogens is 448 g/mol. The van der Waals surface area contributed by atoms with Crippen molar-refractivity contribution in [1.82, 2.24) is 10.6 Å². The zero-order valence-corrected chi connectivity index (χ0v) is 19.9. The number of carboxylic acid groups (broad SMARTS) is 1. The first-order valence-electron chi connectivity index (χ1n) is 12.1. The summed E-state index contributed by atoms with van der Waals surface area (Å²) in [6, 6.07) is 15.7. The average Bonchev–Trinajstić information content (AvgIpc) is 2.99. The normalized spacial score (nSPS) is 20.1. The van der Waals surface area contributed by atoms with Gasteiger partial charge in [-0.1, -0.05) is 67.8 Å². The highest BCUT2D eigenvalue weighted by Gasteiger charge is 2.33. The lowest BCUT2D eigenvalue weighted by Gasteiger charge is -2.25. The number of benzene rings is 2. The van der Waals surface area contributed by atoms with Crippen molar-refractivity contribution in [1.29, 1.82) is 0 Å². The fraction of sp³-hybridized carbons (Fsp3) is 0.444. The Morgan fingerprint density at radius 1 is 0.971 bits per heavy atom. The van der Waals surface area contributed by atoms with Gasteiger partial charge in [0.25, 0.3) is 5.91 Å². The van der Waals surface area contributed by atoms with E-state index < -0.39 is 36.0 Å². The molecule has 4 rings (SSSR count). The van der Waals surface area contributed by atoms with Crippen molar-refractivity contribution in [2.75, 3.05) is 20.3 Å². The summed E-state index contributed by atoms with van der Waals surface area (Å²) >= 11 is 0. The summed E-state index contributed by atoms with van der Waals surface area (Å²) in [5, 5.41) is 15.0. The van der Waals surface area contributed by atoms with E-state index in [0.29, 0.717) is 12.8 Å². The summed E-state index contributed by atoms with van der Waals surface area (Å²) < 4.78 is 10.8. The SMILES string of the molecule is COC(CNC(=O)OCC1c2ccccc2-c2ccccc21)C(=O)NC1CCCCCC1C(=O)O. The quantitative estimate of drug-likeness (QED) is 0.497. The summed E-state index contributed by atoms with van der Waals surface area (Å²) in [7, 11) is 1.38. The van der Waals surface area contributed by atoms with Gasteiger partial charge in [0.2, 0.25) is 0 Å². The summed E-state index contributed by atoms with van der Waals surface area (Å²) in [6.45, 7) is 0.0928. The molecular formula is C27H32N2O6. The first-order valence-corrected chi connectivity index (χ1v) is 12.1. The molecule has 3 atom stereocenters. The van der Waals surface area contributed by atoms with Crippen LogP contribution in [0.25, 0.3) is 11.1 Å². The third kappa shape index (κ3) is 5.65. The third-order valence-electron chi connectivity index (χ3n) is 7.01. The molecule has 2 amide bonds. The Hall–Kier alpha value is -3.39. The zero-order valence-electron chi connectivity index (χ0n) is 19.9. The molecule has 35 heavy (non-hydrogen) atoms. The molecule has 186 valence electrons. The molecule has 2 aromatic carbocycles. The molecule has 8 nitrogen and oxygen atoms in total. The Balaban J connectivity index is 1.31. The van der Waals surface area contributed by atoms with E-state index in [9.17, 15) is 19.5 Å². The predicted molar refractivity (Wildman–Crippen MR) is 130 cm³/mol. The number of carbonyl (C=O) groups is 3. The molecule has 2 aliphatic carbocycles. The summed E-state index contributed by atoms with van der Waals surface area (Å²) in [6.07, 6.45) is 2.21. The lowest BCUT2D eigenvalue weighted by Crippen LogP contribution is -2.50. The van der Waals surface area contributed by atoms with Gasteiger partial charge in [0.15, 0.2) is 6.10 Å². The van der Waals surface area contributed by atoms with Crippen molar-refractivity contribution in [2.45, 2.75) is 50.2 Å². The fourth-order valence-corrected chi connectivity index (χ4v) is 5.16. The van der Waals surface area contributed by atoms with Crippen LogP contribution in [0, 0.1) is 5.92 Å². The molecule has 1 saturated carbocycles. The summed E-state index contributed by atoms with van der Waals surface area (Å²) in [5.41, 5.74) is 4.52. The molecule has 2 aromatic rings. The second-order valence-corrected chi connectivity index (χ2v) is 9.13. The third-order valence-corrected chi connectivity index (χ3v) is 7.01. The molecule has 0 radical (unpaired) electrons. The van der Waals surface area contributed by atoms with Gasteiger partial charge in [0.05, 0.1) is 12.5 Å². The predicted octanol–water partition coefficient (Wildman–Crippen LogP) is 3.69. The monoisotopic (exact) mass is 480 g/mol. The van der Waals surface area contributed by atoms with Crippen LogP contribution in [-0.2, 0) is 19.1 Å². The topological polar surface area (TPSA) is 114 Å². The van der Waals surface area contributed by atoms with Crippen molar-refractivity contribution >= 4 is 18.0 Å². The number of nitrogens with one attached hydrogen (secondary N) is 2. The van der Waals surface area contributed by atoms with Crippen molar-refractivity contribution in [3.05, 3.63) is 59.7 Å². The lowest BCUT2D eigenvalue weighted by atomic mass is 9.94. The summed E-state index contributed by atoms with van der Waals surface area (Å²) in [5.74, 6) is -2.01. The first kappa shape index (κ1) is 24.7. The standard InChI is InChI=1S/C27H32N2O6/c1-34-24(25(30)29-23-14-4-2-3-13-21(23)26(31)32)15-28-27(33)35-16-22-19-11-7-5-9-17(19)18-10-6-8-12-20(18)22/h5-12,21-24H,2-4,13-16H2,1H3,(H,28,33)(H,29,30)(H,31,32).